The number of carboxylic acids is 1. The van der Waals surface area contributed by atoms with E-state index >= 15 is 0 Å². The molecule has 4 nitrogen and oxygen atoms in total. The molecule has 1 unspecified atom stereocenters. The predicted molar refractivity (Wildman–Crippen MR) is 88.4 cm³/mol. The van der Waals surface area contributed by atoms with Crippen molar-refractivity contribution in [3.8, 4) is 0 Å². The molecule has 0 spiro atoms. The fraction of sp³-hybridized carbons (Fsp3) is 0.579. The van der Waals surface area contributed by atoms with Crippen LogP contribution in [0.25, 0.3) is 0 Å². The molecule has 7 heteroatoms. The van der Waals surface area contributed by atoms with E-state index in [1.165, 1.54) is 12.1 Å². The number of benzene rings is 1. The SMILES string of the molecule is CC(CC(=O)N1C[C@H](C(=O)O)[C@@H](C2CC2)C1)c1ccc(C(F)(F)F)cc1. The smallest absolute Gasteiger partial charge is 0.416 e. The van der Waals surface area contributed by atoms with Crippen LogP contribution < -0.4 is 0 Å². The molecule has 3 atom stereocenters. The Kier molecular flexibility index (Phi) is 4.99. The number of likely N-dealkylation sites (tertiary alicyclic amines) is 1. The number of carbonyl (C=O) groups is 2. The highest BCUT2D eigenvalue weighted by atomic mass is 19.4. The van der Waals surface area contributed by atoms with E-state index in [1.807, 2.05) is 0 Å². The molecule has 1 aromatic carbocycles. The van der Waals surface area contributed by atoms with Crippen molar-refractivity contribution in [3.63, 3.8) is 0 Å². The van der Waals surface area contributed by atoms with Gasteiger partial charge < -0.3 is 10.0 Å². The normalized spacial score (nSPS) is 24.5. The Morgan fingerprint density at radius 2 is 1.81 bits per heavy atom. The van der Waals surface area contributed by atoms with Gasteiger partial charge in [-0.3, -0.25) is 9.59 Å². The van der Waals surface area contributed by atoms with Crippen LogP contribution in [0.1, 0.15) is 43.2 Å². The zero-order valence-corrected chi connectivity index (χ0v) is 14.5. The molecule has 2 aliphatic rings. The fourth-order valence-electron chi connectivity index (χ4n) is 3.81. The van der Waals surface area contributed by atoms with Gasteiger partial charge in [0, 0.05) is 19.5 Å². The average Bonchev–Trinajstić information content (AvgIpc) is 3.31. The van der Waals surface area contributed by atoms with Gasteiger partial charge in [-0.2, -0.15) is 13.2 Å². The summed E-state index contributed by atoms with van der Waals surface area (Å²) in [7, 11) is 0. The molecule has 2 fully saturated rings. The lowest BCUT2D eigenvalue weighted by molar-refractivity contribution is -0.143. The summed E-state index contributed by atoms with van der Waals surface area (Å²) in [6.45, 7) is 2.50. The van der Waals surface area contributed by atoms with E-state index in [1.54, 1.807) is 11.8 Å². The second kappa shape index (κ2) is 6.93. The van der Waals surface area contributed by atoms with Crippen LogP contribution in [-0.2, 0) is 15.8 Å². The number of nitrogens with zero attached hydrogens (tertiary/aromatic N) is 1. The van der Waals surface area contributed by atoms with E-state index in [9.17, 15) is 27.9 Å². The third kappa shape index (κ3) is 4.02. The molecular formula is C19H22F3NO3. The number of hydrogen-bond acceptors (Lipinski definition) is 2. The molecule has 1 heterocycles. The number of amides is 1. The monoisotopic (exact) mass is 369 g/mol. The van der Waals surface area contributed by atoms with E-state index in [2.05, 4.69) is 0 Å². The first-order chi connectivity index (χ1) is 12.2. The Labute approximate surface area is 150 Å². The summed E-state index contributed by atoms with van der Waals surface area (Å²) in [6.07, 6.45) is -2.16. The van der Waals surface area contributed by atoms with Crippen LogP contribution in [0.15, 0.2) is 24.3 Å². The van der Waals surface area contributed by atoms with Gasteiger partial charge in [0.2, 0.25) is 5.91 Å². The molecule has 1 N–H and O–H groups in total. The fourth-order valence-corrected chi connectivity index (χ4v) is 3.81. The molecule has 142 valence electrons. The minimum Gasteiger partial charge on any atom is -0.481 e. The highest BCUT2D eigenvalue weighted by molar-refractivity contribution is 5.79. The zero-order chi connectivity index (χ0) is 19.1. The maximum atomic E-state index is 12.6. The number of carbonyl (C=O) groups excluding carboxylic acids is 1. The maximum Gasteiger partial charge on any atom is 0.416 e. The second-order valence-corrected chi connectivity index (χ2v) is 7.47. The Morgan fingerprint density at radius 1 is 1.19 bits per heavy atom. The third-order valence-electron chi connectivity index (χ3n) is 5.55. The van der Waals surface area contributed by atoms with E-state index in [4.69, 9.17) is 0 Å². The number of rotatable bonds is 5. The predicted octanol–water partition coefficient (Wildman–Crippen LogP) is 3.77. The summed E-state index contributed by atoms with van der Waals surface area (Å²) < 4.78 is 37.9. The van der Waals surface area contributed by atoms with Gasteiger partial charge in [-0.05, 0) is 48.3 Å². The van der Waals surface area contributed by atoms with Crippen molar-refractivity contribution in [3.05, 3.63) is 35.4 Å². The first-order valence-corrected chi connectivity index (χ1v) is 8.84. The molecule has 1 aromatic rings. The van der Waals surface area contributed by atoms with Crippen molar-refractivity contribution < 1.29 is 27.9 Å². The summed E-state index contributed by atoms with van der Waals surface area (Å²) in [5.74, 6) is -1.29. The molecule has 0 bridgehead atoms. The second-order valence-electron chi connectivity index (χ2n) is 7.47. The first kappa shape index (κ1) is 18.7. The van der Waals surface area contributed by atoms with Crippen LogP contribution in [0.3, 0.4) is 0 Å². The van der Waals surface area contributed by atoms with Crippen molar-refractivity contribution in [2.45, 2.75) is 38.3 Å². The van der Waals surface area contributed by atoms with Crippen molar-refractivity contribution in [2.75, 3.05) is 13.1 Å². The molecule has 1 aliphatic carbocycles. The third-order valence-corrected chi connectivity index (χ3v) is 5.55. The Bertz CT molecular complexity index is 682. The lowest BCUT2D eigenvalue weighted by atomic mass is 9.92. The summed E-state index contributed by atoms with van der Waals surface area (Å²) in [4.78, 5) is 25.6. The van der Waals surface area contributed by atoms with Crippen LogP contribution in [-0.4, -0.2) is 35.0 Å². The molecule has 0 aromatic heterocycles. The average molecular weight is 369 g/mol. The van der Waals surface area contributed by atoms with Gasteiger partial charge in [-0.1, -0.05) is 19.1 Å². The molecule has 1 saturated heterocycles. The summed E-state index contributed by atoms with van der Waals surface area (Å²) in [5.41, 5.74) is -0.0463. The standard InChI is InChI=1S/C19H22F3NO3/c1-11(12-4-6-14(7-5-12)19(20,21)22)8-17(24)23-9-15(13-2-3-13)16(10-23)18(25)26/h4-7,11,13,15-16H,2-3,8-10H2,1H3,(H,25,26)/t11?,15-,16+/m1/s1. The van der Waals surface area contributed by atoms with Crippen molar-refractivity contribution in [2.24, 2.45) is 17.8 Å². The van der Waals surface area contributed by atoms with Crippen LogP contribution >= 0.6 is 0 Å². The van der Waals surface area contributed by atoms with Crippen molar-refractivity contribution >= 4 is 11.9 Å². The maximum absolute atomic E-state index is 12.6. The van der Waals surface area contributed by atoms with Gasteiger partial charge in [0.1, 0.15) is 0 Å². The van der Waals surface area contributed by atoms with Crippen molar-refractivity contribution in [1.82, 2.24) is 4.90 Å². The molecule has 0 radical (unpaired) electrons. The molecule has 1 amide bonds. The molecule has 1 saturated carbocycles. The minimum absolute atomic E-state index is 0.0258. The number of aliphatic carboxylic acids is 1. The van der Waals surface area contributed by atoms with Gasteiger partial charge in [0.25, 0.3) is 0 Å². The molecular weight excluding hydrogens is 347 g/mol. The van der Waals surface area contributed by atoms with Gasteiger partial charge in [0.05, 0.1) is 11.5 Å². The lowest BCUT2D eigenvalue weighted by Crippen LogP contribution is -2.30. The number of hydrogen-bond donors (Lipinski definition) is 1. The Balaban J connectivity index is 1.61. The van der Waals surface area contributed by atoms with Crippen LogP contribution in [0.2, 0.25) is 0 Å². The molecule has 3 rings (SSSR count). The van der Waals surface area contributed by atoms with Crippen LogP contribution in [0, 0.1) is 17.8 Å². The van der Waals surface area contributed by atoms with Crippen molar-refractivity contribution in [1.29, 1.82) is 0 Å². The zero-order valence-electron chi connectivity index (χ0n) is 14.5. The molecule has 26 heavy (non-hydrogen) atoms. The topological polar surface area (TPSA) is 57.6 Å². The molecule has 1 aliphatic heterocycles. The van der Waals surface area contributed by atoms with E-state index in [-0.39, 0.29) is 30.7 Å². The Hall–Kier alpha value is -2.05. The van der Waals surface area contributed by atoms with Crippen LogP contribution in [0.4, 0.5) is 13.2 Å². The van der Waals surface area contributed by atoms with Gasteiger partial charge in [-0.15, -0.1) is 0 Å². The van der Waals surface area contributed by atoms with E-state index in [0.29, 0.717) is 18.0 Å². The largest absolute Gasteiger partial charge is 0.481 e. The van der Waals surface area contributed by atoms with Gasteiger partial charge in [-0.25, -0.2) is 0 Å². The quantitative estimate of drug-likeness (QED) is 0.860. The highest BCUT2D eigenvalue weighted by Gasteiger charge is 2.46. The highest BCUT2D eigenvalue weighted by Crippen LogP contribution is 2.44. The summed E-state index contributed by atoms with van der Waals surface area (Å²) in [5, 5.41) is 9.38. The summed E-state index contributed by atoms with van der Waals surface area (Å²) in [6, 6.07) is 4.85. The number of carboxylic acid groups (broad SMARTS) is 1. The summed E-state index contributed by atoms with van der Waals surface area (Å²) >= 11 is 0. The van der Waals surface area contributed by atoms with Gasteiger partial charge in [0.15, 0.2) is 0 Å². The van der Waals surface area contributed by atoms with E-state index < -0.39 is 23.6 Å². The van der Waals surface area contributed by atoms with Crippen LogP contribution in [0.5, 0.6) is 0 Å². The number of halogens is 3. The van der Waals surface area contributed by atoms with E-state index in [0.717, 1.165) is 25.0 Å². The minimum atomic E-state index is -4.38. The first-order valence-electron chi connectivity index (χ1n) is 8.84. The Morgan fingerprint density at radius 3 is 2.31 bits per heavy atom. The van der Waals surface area contributed by atoms with Gasteiger partial charge >= 0.3 is 12.1 Å². The lowest BCUT2D eigenvalue weighted by Gasteiger charge is -2.19. The number of alkyl halides is 3.